The Bertz CT molecular complexity index is 554. The summed E-state index contributed by atoms with van der Waals surface area (Å²) in [4.78, 5) is 12.3. The van der Waals surface area contributed by atoms with Crippen LogP contribution in [0.2, 0.25) is 0 Å². The van der Waals surface area contributed by atoms with Gasteiger partial charge in [-0.1, -0.05) is 60.7 Å². The van der Waals surface area contributed by atoms with E-state index in [1.807, 2.05) is 50.2 Å². The Balaban J connectivity index is 0.00000264. The zero-order chi connectivity index (χ0) is 16.0. The van der Waals surface area contributed by atoms with E-state index in [-0.39, 0.29) is 24.2 Å². The highest BCUT2D eigenvalue weighted by Gasteiger charge is 2.19. The average molecular weight is 333 g/mol. The summed E-state index contributed by atoms with van der Waals surface area (Å²) in [6, 6.07) is 20.3. The van der Waals surface area contributed by atoms with Gasteiger partial charge in [0.1, 0.15) is 0 Å². The second kappa shape index (κ2) is 8.70. The topological polar surface area (TPSA) is 55.1 Å². The molecule has 4 heteroatoms. The van der Waals surface area contributed by atoms with Crippen LogP contribution in [-0.4, -0.2) is 18.0 Å². The fraction of sp³-hybridized carbons (Fsp3) is 0.316. The van der Waals surface area contributed by atoms with Crippen molar-refractivity contribution in [3.05, 3.63) is 71.8 Å². The monoisotopic (exact) mass is 332 g/mol. The molecule has 23 heavy (non-hydrogen) atoms. The largest absolute Gasteiger partial charge is 0.354 e. The first kappa shape index (κ1) is 19.2. The Morgan fingerprint density at radius 2 is 1.43 bits per heavy atom. The highest BCUT2D eigenvalue weighted by atomic mass is 35.5. The summed E-state index contributed by atoms with van der Waals surface area (Å²) in [6.07, 6.45) is 0.421. The van der Waals surface area contributed by atoms with Gasteiger partial charge in [0.25, 0.3) is 0 Å². The maximum absolute atomic E-state index is 12.3. The first-order chi connectivity index (χ1) is 10.5. The number of amides is 1. The van der Waals surface area contributed by atoms with Gasteiger partial charge in [-0.15, -0.1) is 12.4 Å². The standard InChI is InChI=1S/C19H24N2O.ClH/c1-19(2,20)14-21-18(22)13-17(15-9-5-3-6-10-15)16-11-7-4-8-12-16;/h3-12,17H,13-14,20H2,1-2H3,(H,21,22);1H. The second-order valence-electron chi connectivity index (χ2n) is 6.34. The van der Waals surface area contributed by atoms with Crippen molar-refractivity contribution < 1.29 is 4.79 Å². The highest BCUT2D eigenvalue weighted by molar-refractivity contribution is 5.85. The summed E-state index contributed by atoms with van der Waals surface area (Å²) in [6.45, 7) is 4.28. The van der Waals surface area contributed by atoms with Crippen molar-refractivity contribution in [2.24, 2.45) is 5.73 Å². The molecule has 0 fully saturated rings. The minimum Gasteiger partial charge on any atom is -0.354 e. The number of nitrogens with two attached hydrogens (primary N) is 1. The van der Waals surface area contributed by atoms with E-state index in [1.165, 1.54) is 0 Å². The molecule has 0 radical (unpaired) electrons. The van der Waals surface area contributed by atoms with E-state index < -0.39 is 5.54 Å². The van der Waals surface area contributed by atoms with Gasteiger partial charge < -0.3 is 11.1 Å². The van der Waals surface area contributed by atoms with Crippen LogP contribution in [0.25, 0.3) is 0 Å². The summed E-state index contributed by atoms with van der Waals surface area (Å²) in [7, 11) is 0. The van der Waals surface area contributed by atoms with Gasteiger partial charge in [-0.05, 0) is 25.0 Å². The van der Waals surface area contributed by atoms with Gasteiger partial charge in [-0.25, -0.2) is 0 Å². The Morgan fingerprint density at radius 1 is 1.00 bits per heavy atom. The molecule has 3 N–H and O–H groups in total. The molecule has 0 heterocycles. The molecule has 0 atom stereocenters. The van der Waals surface area contributed by atoms with Crippen LogP contribution in [0.1, 0.15) is 37.3 Å². The lowest BCUT2D eigenvalue weighted by Gasteiger charge is -2.21. The van der Waals surface area contributed by atoms with E-state index in [0.29, 0.717) is 13.0 Å². The fourth-order valence-corrected chi connectivity index (χ4v) is 2.38. The van der Waals surface area contributed by atoms with Gasteiger partial charge in [-0.2, -0.15) is 0 Å². The molecule has 0 aromatic heterocycles. The van der Waals surface area contributed by atoms with Gasteiger partial charge in [-0.3, -0.25) is 4.79 Å². The lowest BCUT2D eigenvalue weighted by molar-refractivity contribution is -0.121. The molecule has 0 aliphatic rings. The van der Waals surface area contributed by atoms with Crippen LogP contribution < -0.4 is 11.1 Å². The third-order valence-electron chi connectivity index (χ3n) is 3.53. The molecule has 0 aliphatic heterocycles. The molecule has 124 valence electrons. The molecule has 2 aromatic rings. The lowest BCUT2D eigenvalue weighted by Crippen LogP contribution is -2.45. The van der Waals surface area contributed by atoms with E-state index in [0.717, 1.165) is 11.1 Å². The van der Waals surface area contributed by atoms with E-state index in [9.17, 15) is 4.79 Å². The van der Waals surface area contributed by atoms with Gasteiger partial charge in [0.15, 0.2) is 0 Å². The molecule has 0 saturated heterocycles. The predicted octanol–water partition coefficient (Wildman–Crippen LogP) is 3.48. The minimum atomic E-state index is -0.398. The van der Waals surface area contributed by atoms with E-state index in [2.05, 4.69) is 29.6 Å². The summed E-state index contributed by atoms with van der Waals surface area (Å²) in [5, 5.41) is 2.93. The minimum absolute atomic E-state index is 0. The van der Waals surface area contributed by atoms with Crippen molar-refractivity contribution in [1.82, 2.24) is 5.32 Å². The van der Waals surface area contributed by atoms with Crippen LogP contribution in [0.15, 0.2) is 60.7 Å². The number of hydrogen-bond acceptors (Lipinski definition) is 2. The maximum Gasteiger partial charge on any atom is 0.221 e. The molecule has 1 amide bonds. The summed E-state index contributed by atoms with van der Waals surface area (Å²) >= 11 is 0. The number of halogens is 1. The molecule has 0 bridgehead atoms. The normalized spacial score (nSPS) is 11.0. The molecule has 2 aromatic carbocycles. The third kappa shape index (κ3) is 6.43. The van der Waals surface area contributed by atoms with Crippen LogP contribution in [0, 0.1) is 0 Å². The molecule has 0 saturated carbocycles. The maximum atomic E-state index is 12.3. The van der Waals surface area contributed by atoms with Crippen molar-refractivity contribution in [3.63, 3.8) is 0 Å². The predicted molar refractivity (Wildman–Crippen MR) is 97.9 cm³/mol. The smallest absolute Gasteiger partial charge is 0.221 e. The van der Waals surface area contributed by atoms with E-state index in [4.69, 9.17) is 5.73 Å². The zero-order valence-corrected chi connectivity index (χ0v) is 14.5. The molecule has 2 rings (SSSR count). The Hall–Kier alpha value is -1.84. The van der Waals surface area contributed by atoms with E-state index >= 15 is 0 Å². The quantitative estimate of drug-likeness (QED) is 0.850. The van der Waals surface area contributed by atoms with Crippen molar-refractivity contribution in [2.45, 2.75) is 31.7 Å². The number of carbonyl (C=O) groups is 1. The van der Waals surface area contributed by atoms with Gasteiger partial charge in [0.05, 0.1) is 0 Å². The van der Waals surface area contributed by atoms with Crippen LogP contribution in [0.4, 0.5) is 0 Å². The summed E-state index contributed by atoms with van der Waals surface area (Å²) < 4.78 is 0. The third-order valence-corrected chi connectivity index (χ3v) is 3.53. The number of benzene rings is 2. The van der Waals surface area contributed by atoms with Gasteiger partial charge in [0.2, 0.25) is 5.91 Å². The van der Waals surface area contributed by atoms with Crippen molar-refractivity contribution in [2.75, 3.05) is 6.54 Å². The Kier molecular flexibility index (Phi) is 7.27. The first-order valence-electron chi connectivity index (χ1n) is 7.61. The number of carbonyl (C=O) groups excluding carboxylic acids is 1. The van der Waals surface area contributed by atoms with Crippen molar-refractivity contribution >= 4 is 18.3 Å². The SMILES string of the molecule is CC(C)(N)CNC(=O)CC(c1ccccc1)c1ccccc1.Cl. The molecule has 3 nitrogen and oxygen atoms in total. The fourth-order valence-electron chi connectivity index (χ4n) is 2.38. The van der Waals surface area contributed by atoms with E-state index in [1.54, 1.807) is 0 Å². The van der Waals surface area contributed by atoms with Crippen LogP contribution >= 0.6 is 12.4 Å². The van der Waals surface area contributed by atoms with Crippen LogP contribution in [0.3, 0.4) is 0 Å². The molecule has 0 unspecified atom stereocenters. The Labute approximate surface area is 144 Å². The summed E-state index contributed by atoms with van der Waals surface area (Å²) in [5.74, 6) is 0.0829. The Morgan fingerprint density at radius 3 is 1.83 bits per heavy atom. The number of hydrogen-bond donors (Lipinski definition) is 2. The first-order valence-corrected chi connectivity index (χ1v) is 7.61. The molecular formula is C19H25ClN2O. The van der Waals surface area contributed by atoms with Crippen LogP contribution in [0.5, 0.6) is 0 Å². The van der Waals surface area contributed by atoms with Gasteiger partial charge in [0, 0.05) is 24.4 Å². The number of rotatable bonds is 6. The lowest BCUT2D eigenvalue weighted by atomic mass is 9.88. The zero-order valence-electron chi connectivity index (χ0n) is 13.7. The number of nitrogens with one attached hydrogen (secondary N) is 1. The average Bonchev–Trinajstić information content (AvgIpc) is 2.52. The van der Waals surface area contributed by atoms with Crippen molar-refractivity contribution in [3.8, 4) is 0 Å². The van der Waals surface area contributed by atoms with Crippen molar-refractivity contribution in [1.29, 1.82) is 0 Å². The van der Waals surface area contributed by atoms with Crippen LogP contribution in [-0.2, 0) is 4.79 Å². The molecule has 0 spiro atoms. The molecule has 0 aliphatic carbocycles. The second-order valence-corrected chi connectivity index (χ2v) is 6.34. The highest BCUT2D eigenvalue weighted by Crippen LogP contribution is 2.27. The van der Waals surface area contributed by atoms with Gasteiger partial charge >= 0.3 is 0 Å². The summed E-state index contributed by atoms with van der Waals surface area (Å²) in [5.41, 5.74) is 7.82. The molecular weight excluding hydrogens is 308 g/mol.